The molecule has 0 bridgehead atoms. The quantitative estimate of drug-likeness (QED) is 0.719. The van der Waals surface area contributed by atoms with Crippen LogP contribution in [0.5, 0.6) is 0 Å². The monoisotopic (exact) mass is 309 g/mol. The van der Waals surface area contributed by atoms with Crippen LogP contribution in [0.3, 0.4) is 0 Å². The first kappa shape index (κ1) is 14.8. The van der Waals surface area contributed by atoms with Gasteiger partial charge in [0.1, 0.15) is 17.3 Å². The number of fused-ring (bicyclic) bond motifs is 1. The van der Waals surface area contributed by atoms with Gasteiger partial charge in [-0.15, -0.1) is 0 Å². The minimum atomic E-state index is -0.576. The van der Waals surface area contributed by atoms with E-state index in [0.29, 0.717) is 6.54 Å². The van der Waals surface area contributed by atoms with Crippen molar-refractivity contribution < 1.29 is 0 Å². The molecule has 7 nitrogen and oxygen atoms in total. The van der Waals surface area contributed by atoms with E-state index in [0.717, 1.165) is 21.6 Å². The predicted molar refractivity (Wildman–Crippen MR) is 84.4 cm³/mol. The van der Waals surface area contributed by atoms with Gasteiger partial charge in [0.05, 0.1) is 17.9 Å². The normalized spacial score (nSPS) is 10.8. The van der Waals surface area contributed by atoms with Crippen molar-refractivity contribution in [3.05, 3.63) is 68.4 Å². The van der Waals surface area contributed by atoms with Crippen LogP contribution in [-0.2, 0) is 13.1 Å². The van der Waals surface area contributed by atoms with E-state index >= 15 is 0 Å². The van der Waals surface area contributed by atoms with Crippen molar-refractivity contribution >= 4 is 5.65 Å². The Morgan fingerprint density at radius 2 is 2.09 bits per heavy atom. The van der Waals surface area contributed by atoms with Gasteiger partial charge in [-0.1, -0.05) is 6.07 Å². The van der Waals surface area contributed by atoms with Crippen molar-refractivity contribution in [1.29, 1.82) is 5.26 Å². The maximum atomic E-state index is 12.4. The molecule has 0 radical (unpaired) electrons. The van der Waals surface area contributed by atoms with Crippen LogP contribution in [0, 0.1) is 18.3 Å². The minimum absolute atomic E-state index is 0.0436. The number of nitrogens with zero attached hydrogens (tertiary/aromatic N) is 5. The zero-order valence-electron chi connectivity index (χ0n) is 12.9. The van der Waals surface area contributed by atoms with E-state index in [9.17, 15) is 9.59 Å². The van der Waals surface area contributed by atoms with E-state index < -0.39 is 11.2 Å². The van der Waals surface area contributed by atoms with E-state index in [2.05, 4.69) is 4.98 Å². The summed E-state index contributed by atoms with van der Waals surface area (Å²) in [5, 5.41) is 9.11. The Kier molecular flexibility index (Phi) is 3.58. The van der Waals surface area contributed by atoms with Gasteiger partial charge in [-0.05, 0) is 26.0 Å². The van der Waals surface area contributed by atoms with Gasteiger partial charge in [-0.3, -0.25) is 13.9 Å². The average molecular weight is 309 g/mol. The molecule has 0 fully saturated rings. The molecule has 3 heterocycles. The highest BCUT2D eigenvalue weighted by Gasteiger charge is 2.15. The number of hydrogen-bond acceptors (Lipinski definition) is 4. The highest BCUT2D eigenvalue weighted by molar-refractivity contribution is 5.42. The van der Waals surface area contributed by atoms with E-state index in [1.54, 1.807) is 6.92 Å². The molecule has 3 aromatic heterocycles. The number of aryl methyl sites for hydroxylation is 2. The van der Waals surface area contributed by atoms with Gasteiger partial charge in [0.15, 0.2) is 0 Å². The molecule has 0 aromatic carbocycles. The Balaban J connectivity index is 2.24. The van der Waals surface area contributed by atoms with E-state index in [4.69, 9.17) is 5.26 Å². The molecule has 0 saturated heterocycles. The Hall–Kier alpha value is -3.14. The van der Waals surface area contributed by atoms with Gasteiger partial charge in [-0.2, -0.15) is 5.26 Å². The number of imidazole rings is 1. The summed E-state index contributed by atoms with van der Waals surface area (Å²) in [4.78, 5) is 29.2. The first-order valence-electron chi connectivity index (χ1n) is 7.23. The van der Waals surface area contributed by atoms with Crippen molar-refractivity contribution in [3.8, 4) is 6.07 Å². The molecule has 0 unspecified atom stereocenters. The van der Waals surface area contributed by atoms with Crippen LogP contribution in [-0.4, -0.2) is 18.5 Å². The largest absolute Gasteiger partial charge is 0.331 e. The molecule has 0 aliphatic rings. The van der Waals surface area contributed by atoms with Gasteiger partial charge in [0, 0.05) is 18.9 Å². The molecule has 3 aromatic rings. The van der Waals surface area contributed by atoms with E-state index in [-0.39, 0.29) is 12.1 Å². The fraction of sp³-hybridized carbons (Fsp3) is 0.250. The zero-order valence-corrected chi connectivity index (χ0v) is 12.9. The molecular formula is C16H15N5O2. The maximum absolute atomic E-state index is 12.4. The van der Waals surface area contributed by atoms with E-state index in [1.165, 1.54) is 10.8 Å². The first-order chi connectivity index (χ1) is 11.1. The number of hydrogen-bond donors (Lipinski definition) is 0. The zero-order chi connectivity index (χ0) is 16.6. The number of rotatable bonds is 3. The summed E-state index contributed by atoms with van der Waals surface area (Å²) in [6, 6.07) is 7.44. The summed E-state index contributed by atoms with van der Waals surface area (Å²) >= 11 is 0. The Morgan fingerprint density at radius 1 is 1.30 bits per heavy atom. The fourth-order valence-corrected chi connectivity index (χ4v) is 2.60. The topological polar surface area (TPSA) is 85.1 Å². The second kappa shape index (κ2) is 5.57. The molecule has 0 spiro atoms. The third-order valence-corrected chi connectivity index (χ3v) is 3.84. The van der Waals surface area contributed by atoms with Crippen LogP contribution < -0.4 is 11.2 Å². The molecule has 0 amide bonds. The van der Waals surface area contributed by atoms with Crippen molar-refractivity contribution in [3.63, 3.8) is 0 Å². The molecular weight excluding hydrogens is 294 g/mol. The second-order valence-corrected chi connectivity index (χ2v) is 5.19. The lowest BCUT2D eigenvalue weighted by molar-refractivity contribution is 0.589. The predicted octanol–water partition coefficient (Wildman–Crippen LogP) is 0.906. The smallest absolute Gasteiger partial charge is 0.302 e. The Morgan fingerprint density at radius 3 is 2.78 bits per heavy atom. The third-order valence-electron chi connectivity index (χ3n) is 3.84. The van der Waals surface area contributed by atoms with Gasteiger partial charge in [0.25, 0.3) is 5.56 Å². The van der Waals surface area contributed by atoms with Crippen LogP contribution in [0.25, 0.3) is 5.65 Å². The summed E-state index contributed by atoms with van der Waals surface area (Å²) in [5.41, 5.74) is 1.19. The third kappa shape index (κ3) is 2.34. The number of aromatic nitrogens is 4. The first-order valence-corrected chi connectivity index (χ1v) is 7.23. The number of nitriles is 1. The summed E-state index contributed by atoms with van der Waals surface area (Å²) in [7, 11) is 0. The molecule has 0 atom stereocenters. The standard InChI is InChI=1S/C16H15N5O2/c1-3-19-9-12(8-17)15(22)21(16(19)23)10-13-11(2)18-14-6-4-5-7-20(13)14/h4-7,9H,3,10H2,1-2H3. The molecule has 23 heavy (non-hydrogen) atoms. The lowest BCUT2D eigenvalue weighted by atomic mass is 10.3. The fourth-order valence-electron chi connectivity index (χ4n) is 2.60. The number of pyridine rings is 1. The molecule has 0 N–H and O–H groups in total. The Labute approximate surface area is 131 Å². The summed E-state index contributed by atoms with van der Waals surface area (Å²) in [6.07, 6.45) is 3.14. The lowest BCUT2D eigenvalue weighted by Gasteiger charge is -2.10. The molecule has 7 heteroatoms. The van der Waals surface area contributed by atoms with Crippen LogP contribution >= 0.6 is 0 Å². The van der Waals surface area contributed by atoms with Crippen LogP contribution in [0.2, 0.25) is 0 Å². The van der Waals surface area contributed by atoms with Gasteiger partial charge in [-0.25, -0.2) is 9.78 Å². The van der Waals surface area contributed by atoms with E-state index in [1.807, 2.05) is 41.8 Å². The summed E-state index contributed by atoms with van der Waals surface area (Å²) < 4.78 is 4.29. The lowest BCUT2D eigenvalue weighted by Crippen LogP contribution is -2.41. The van der Waals surface area contributed by atoms with Crippen molar-refractivity contribution in [2.24, 2.45) is 0 Å². The minimum Gasteiger partial charge on any atom is -0.302 e. The highest BCUT2D eigenvalue weighted by Crippen LogP contribution is 2.12. The Bertz CT molecular complexity index is 1050. The average Bonchev–Trinajstić information content (AvgIpc) is 2.87. The van der Waals surface area contributed by atoms with Crippen molar-refractivity contribution in [2.75, 3.05) is 0 Å². The second-order valence-electron chi connectivity index (χ2n) is 5.19. The van der Waals surface area contributed by atoms with Crippen molar-refractivity contribution in [1.82, 2.24) is 18.5 Å². The molecule has 0 aliphatic carbocycles. The van der Waals surface area contributed by atoms with Crippen LogP contribution in [0.4, 0.5) is 0 Å². The molecule has 0 saturated carbocycles. The van der Waals surface area contributed by atoms with Gasteiger partial charge in [0.2, 0.25) is 0 Å². The van der Waals surface area contributed by atoms with Crippen LogP contribution in [0.1, 0.15) is 23.9 Å². The molecule has 116 valence electrons. The van der Waals surface area contributed by atoms with Crippen molar-refractivity contribution in [2.45, 2.75) is 26.9 Å². The van der Waals surface area contributed by atoms with Crippen LogP contribution in [0.15, 0.2) is 40.2 Å². The van der Waals surface area contributed by atoms with Gasteiger partial charge < -0.3 is 4.40 Å². The highest BCUT2D eigenvalue weighted by atomic mass is 16.2. The molecule has 0 aliphatic heterocycles. The SMILES string of the molecule is CCn1cc(C#N)c(=O)n(Cc2c(C)nc3ccccn23)c1=O. The van der Waals surface area contributed by atoms with Gasteiger partial charge >= 0.3 is 5.69 Å². The summed E-state index contributed by atoms with van der Waals surface area (Å²) in [5.74, 6) is 0. The maximum Gasteiger partial charge on any atom is 0.331 e. The summed E-state index contributed by atoms with van der Waals surface area (Å²) in [6.45, 7) is 4.08. The molecule has 3 rings (SSSR count).